The first-order valence-corrected chi connectivity index (χ1v) is 24.1. The number of carbonyl (C=O) groups is 1. The Bertz CT molecular complexity index is 3130. The number of nitrogens with zero attached hydrogens (tertiary/aromatic N) is 1. The predicted molar refractivity (Wildman–Crippen MR) is 288 cm³/mol. The molecule has 0 heterocycles. The van der Waals surface area contributed by atoms with Gasteiger partial charge in [-0.05, 0) is 97.4 Å². The van der Waals surface area contributed by atoms with E-state index in [-0.39, 0.29) is 18.8 Å². The third-order valence-electron chi connectivity index (χ3n) is 12.0. The smallest absolute Gasteiger partial charge is 0.271 e. The van der Waals surface area contributed by atoms with Crippen molar-refractivity contribution >= 4 is 33.7 Å². The first-order chi connectivity index (χ1) is 36.0. The molecule has 0 unspecified atom stereocenters. The van der Waals surface area contributed by atoms with Crippen molar-refractivity contribution < 1.29 is 33.2 Å². The number of benzene rings is 10. The van der Waals surface area contributed by atoms with Crippen LogP contribution in [0, 0.1) is 0 Å². The summed E-state index contributed by atoms with van der Waals surface area (Å²) in [6.45, 7) is 1.77. The number of rotatable bonds is 21. The molecule has 10 rings (SSSR count). The minimum Gasteiger partial charge on any atom is -0.489 e. The Morgan fingerprint density at radius 2 is 0.644 bits per heavy atom. The molecule has 1 amide bonds. The molecule has 1 N–H and O–H groups in total. The summed E-state index contributed by atoms with van der Waals surface area (Å²) in [4.78, 5) is 14.1. The highest BCUT2D eigenvalue weighted by molar-refractivity contribution is 6.13. The fraction of sp³-hybridized carbons (Fsp3) is 0.0938. The van der Waals surface area contributed by atoms with Crippen LogP contribution in [0.4, 0.5) is 0 Å². The summed E-state index contributed by atoms with van der Waals surface area (Å²) in [5.41, 5.74) is 9.71. The zero-order valence-corrected chi connectivity index (χ0v) is 40.1. The average Bonchev–Trinajstić information content (AvgIpc) is 3.44. The van der Waals surface area contributed by atoms with Crippen LogP contribution in [-0.4, -0.2) is 12.1 Å². The lowest BCUT2D eigenvalue weighted by molar-refractivity contribution is 0.0954. The molecule has 0 aliphatic heterocycles. The van der Waals surface area contributed by atoms with Crippen molar-refractivity contribution in [3.05, 3.63) is 275 Å². The van der Waals surface area contributed by atoms with Gasteiger partial charge in [0.05, 0.1) is 6.21 Å². The van der Waals surface area contributed by atoms with Gasteiger partial charge in [0, 0.05) is 29.3 Å². The molecule has 0 aliphatic rings. The Labute approximate surface area is 424 Å². The topological polar surface area (TPSA) is 96.8 Å². The van der Waals surface area contributed by atoms with Gasteiger partial charge < -0.3 is 28.4 Å². The van der Waals surface area contributed by atoms with Crippen molar-refractivity contribution in [2.45, 2.75) is 39.6 Å². The van der Waals surface area contributed by atoms with E-state index in [0.717, 1.165) is 60.5 Å². The Hall–Kier alpha value is -9.34. The summed E-state index contributed by atoms with van der Waals surface area (Å²) in [7, 11) is 0. The van der Waals surface area contributed by atoms with Crippen molar-refractivity contribution in [3.8, 4) is 34.5 Å². The molecule has 10 aromatic rings. The van der Waals surface area contributed by atoms with E-state index in [1.54, 1.807) is 24.4 Å². The SMILES string of the molecule is O=C(N/N=C\c1c2ccccc2cc2ccccc12)c1cc(OCc2cc(OCc3ccccc3)cc(OCc3ccccc3)c2)cc(OCc2cc(OCc3ccccc3)cc(OCc3ccccc3)c2)c1. The van der Waals surface area contributed by atoms with E-state index >= 15 is 0 Å². The molecule has 10 aromatic carbocycles. The highest BCUT2D eigenvalue weighted by Crippen LogP contribution is 2.31. The average molecular weight is 961 g/mol. The Morgan fingerprint density at radius 3 is 1.00 bits per heavy atom. The van der Waals surface area contributed by atoms with Gasteiger partial charge in [0.25, 0.3) is 5.91 Å². The zero-order valence-electron chi connectivity index (χ0n) is 40.1. The number of hydrogen-bond acceptors (Lipinski definition) is 8. The molecule has 0 aromatic heterocycles. The lowest BCUT2D eigenvalue weighted by atomic mass is 9.97. The Balaban J connectivity index is 0.925. The maximum Gasteiger partial charge on any atom is 0.271 e. The van der Waals surface area contributed by atoms with Gasteiger partial charge in [-0.2, -0.15) is 5.10 Å². The van der Waals surface area contributed by atoms with Gasteiger partial charge in [0.2, 0.25) is 0 Å². The molecule has 9 nitrogen and oxygen atoms in total. The quantitative estimate of drug-likeness (QED) is 0.0435. The summed E-state index contributed by atoms with van der Waals surface area (Å²) in [6.07, 6.45) is 1.70. The molecule has 0 bridgehead atoms. The van der Waals surface area contributed by atoms with Crippen LogP contribution in [0.5, 0.6) is 34.5 Å². The summed E-state index contributed by atoms with van der Waals surface area (Å²) in [5.74, 6) is 2.88. The van der Waals surface area contributed by atoms with Crippen LogP contribution in [0.1, 0.15) is 49.3 Å². The third kappa shape index (κ3) is 13.1. The second-order valence-corrected chi connectivity index (χ2v) is 17.4. The number of ether oxygens (including phenoxy) is 6. The van der Waals surface area contributed by atoms with Gasteiger partial charge in [-0.25, -0.2) is 5.43 Å². The lowest BCUT2D eigenvalue weighted by Gasteiger charge is -2.16. The van der Waals surface area contributed by atoms with Crippen LogP contribution >= 0.6 is 0 Å². The highest BCUT2D eigenvalue weighted by atomic mass is 16.5. The first kappa shape index (κ1) is 47.3. The molecule has 73 heavy (non-hydrogen) atoms. The molecule has 0 aliphatic carbocycles. The number of nitrogens with one attached hydrogen (secondary N) is 1. The highest BCUT2D eigenvalue weighted by Gasteiger charge is 2.14. The molecule has 0 spiro atoms. The van der Waals surface area contributed by atoms with Crippen molar-refractivity contribution in [2.75, 3.05) is 0 Å². The molecule has 0 atom stereocenters. The van der Waals surface area contributed by atoms with Crippen molar-refractivity contribution in [2.24, 2.45) is 5.10 Å². The summed E-state index contributed by atoms with van der Waals surface area (Å²) < 4.78 is 38.2. The molecular formula is C64H52N2O7. The molecule has 9 heteroatoms. The minimum absolute atomic E-state index is 0.129. The van der Waals surface area contributed by atoms with Gasteiger partial charge in [0.15, 0.2) is 0 Å². The van der Waals surface area contributed by atoms with Crippen LogP contribution in [-0.2, 0) is 39.6 Å². The standard InChI is InChI=1S/C64H52N2O7/c67-64(66-65-39-63-61-27-15-13-25-52(61)33-53-26-14-16-28-62(53)63)54-34-59(72-44-50-29-55(68-40-46-17-5-1-6-18-46)36-56(30-50)69-41-47-19-7-2-8-20-47)38-60(35-54)73-45-51-31-57(70-42-48-21-9-3-10-22-48)37-58(32-51)71-43-49-23-11-4-12-24-49/h1-39H,40-45H2,(H,66,67)/b65-39-. The fourth-order valence-electron chi connectivity index (χ4n) is 8.34. The molecule has 0 radical (unpaired) electrons. The van der Waals surface area contributed by atoms with Crippen molar-refractivity contribution in [1.29, 1.82) is 0 Å². The van der Waals surface area contributed by atoms with Crippen LogP contribution in [0.15, 0.2) is 236 Å². The van der Waals surface area contributed by atoms with Crippen LogP contribution in [0.25, 0.3) is 21.5 Å². The molecule has 0 saturated carbocycles. The first-order valence-electron chi connectivity index (χ1n) is 24.1. The molecule has 0 saturated heterocycles. The fourth-order valence-corrected chi connectivity index (χ4v) is 8.34. The second kappa shape index (κ2) is 23.5. The maximum absolute atomic E-state index is 14.1. The van der Waals surface area contributed by atoms with E-state index < -0.39 is 5.91 Å². The number of fused-ring (bicyclic) bond motifs is 2. The van der Waals surface area contributed by atoms with Gasteiger partial charge >= 0.3 is 0 Å². The van der Waals surface area contributed by atoms with Crippen LogP contribution in [0.2, 0.25) is 0 Å². The maximum atomic E-state index is 14.1. The minimum atomic E-state index is -0.447. The van der Waals surface area contributed by atoms with Gasteiger partial charge in [-0.1, -0.05) is 170 Å². The van der Waals surface area contributed by atoms with E-state index in [1.165, 1.54) is 0 Å². The monoisotopic (exact) mass is 960 g/mol. The normalized spacial score (nSPS) is 11.1. The number of carbonyl (C=O) groups excluding carboxylic acids is 1. The van der Waals surface area contributed by atoms with E-state index in [1.807, 2.05) is 182 Å². The third-order valence-corrected chi connectivity index (χ3v) is 12.0. The predicted octanol–water partition coefficient (Wildman–Crippen LogP) is 14.2. The summed E-state index contributed by atoms with van der Waals surface area (Å²) in [5, 5.41) is 8.70. The number of amides is 1. The van der Waals surface area contributed by atoms with Crippen molar-refractivity contribution in [3.63, 3.8) is 0 Å². The van der Waals surface area contributed by atoms with Gasteiger partial charge in [-0.3, -0.25) is 4.79 Å². The largest absolute Gasteiger partial charge is 0.489 e. The lowest BCUT2D eigenvalue weighted by Crippen LogP contribution is -2.18. The molecular weight excluding hydrogens is 909 g/mol. The zero-order chi connectivity index (χ0) is 49.4. The van der Waals surface area contributed by atoms with E-state index in [9.17, 15) is 4.79 Å². The van der Waals surface area contributed by atoms with E-state index in [4.69, 9.17) is 28.4 Å². The Morgan fingerprint density at radius 1 is 0.342 bits per heavy atom. The summed E-state index contributed by atoms with van der Waals surface area (Å²) >= 11 is 0. The van der Waals surface area contributed by atoms with Gasteiger partial charge in [-0.15, -0.1) is 0 Å². The van der Waals surface area contributed by atoms with Crippen LogP contribution in [0.3, 0.4) is 0 Å². The second-order valence-electron chi connectivity index (χ2n) is 17.4. The van der Waals surface area contributed by atoms with Crippen molar-refractivity contribution in [1.82, 2.24) is 5.43 Å². The number of hydrogen-bond donors (Lipinski definition) is 1. The molecule has 0 fully saturated rings. The van der Waals surface area contributed by atoms with E-state index in [0.29, 0.717) is 60.9 Å². The number of hydrazone groups is 1. The van der Waals surface area contributed by atoms with E-state index in [2.05, 4.69) is 40.9 Å². The van der Waals surface area contributed by atoms with Crippen LogP contribution < -0.4 is 33.8 Å². The van der Waals surface area contributed by atoms with Gasteiger partial charge in [0.1, 0.15) is 74.1 Å². The Kier molecular flexibility index (Phi) is 15.2. The molecule has 360 valence electrons. The summed E-state index contributed by atoms with van der Waals surface area (Å²) in [6, 6.07) is 75.1.